The predicted octanol–water partition coefficient (Wildman–Crippen LogP) is 1.83. The Balaban J connectivity index is 2.98. The van der Waals surface area contributed by atoms with Crippen LogP contribution < -0.4 is 10.1 Å². The summed E-state index contributed by atoms with van der Waals surface area (Å²) in [6, 6.07) is 4.11. The molecule has 0 heterocycles. The van der Waals surface area contributed by atoms with Crippen LogP contribution in [0.25, 0.3) is 6.08 Å². The van der Waals surface area contributed by atoms with Gasteiger partial charge in [0, 0.05) is 18.2 Å². The van der Waals surface area contributed by atoms with E-state index in [1.54, 1.807) is 6.92 Å². The first-order chi connectivity index (χ1) is 9.45. The average Bonchev–Trinajstić information content (AvgIpc) is 2.39. The van der Waals surface area contributed by atoms with Crippen molar-refractivity contribution in [2.75, 3.05) is 6.54 Å². The largest absolute Gasteiger partial charge is 0.478 e. The molecule has 2 N–H and O–H groups in total. The summed E-state index contributed by atoms with van der Waals surface area (Å²) in [5.74, 6) is -2.33. The van der Waals surface area contributed by atoms with E-state index < -0.39 is 17.9 Å². The van der Waals surface area contributed by atoms with Crippen molar-refractivity contribution >= 4 is 18.0 Å². The van der Waals surface area contributed by atoms with Crippen LogP contribution in [0.2, 0.25) is 0 Å². The van der Waals surface area contributed by atoms with Crippen LogP contribution in [-0.4, -0.2) is 29.6 Å². The normalized spacial score (nSPS) is 12.2. The van der Waals surface area contributed by atoms with Crippen molar-refractivity contribution in [1.29, 1.82) is 0 Å². The number of hydrogen-bond acceptors (Lipinski definition) is 3. The molecule has 1 atom stereocenters. The Morgan fingerprint density at radius 2 is 2.20 bits per heavy atom. The summed E-state index contributed by atoms with van der Waals surface area (Å²) in [5, 5.41) is 11.1. The summed E-state index contributed by atoms with van der Waals surface area (Å²) in [6.07, 6.45) is 1.20. The topological polar surface area (TPSA) is 75.6 Å². The van der Waals surface area contributed by atoms with Crippen molar-refractivity contribution in [3.05, 3.63) is 35.7 Å². The fourth-order valence-electron chi connectivity index (χ4n) is 1.49. The highest BCUT2D eigenvalue weighted by atomic mass is 19.1. The number of amides is 1. The Hall–Kier alpha value is -2.37. The highest BCUT2D eigenvalue weighted by Crippen LogP contribution is 2.25. The molecule has 1 amide bonds. The second-order valence-electron chi connectivity index (χ2n) is 3.98. The molecule has 5 nitrogen and oxygen atoms in total. The molecule has 6 heteroatoms. The summed E-state index contributed by atoms with van der Waals surface area (Å²) in [5.41, 5.74) is 0.253. The SMILES string of the molecule is CCNC(=O)C(C)Oc1c(F)cccc1/C=C/C(=O)O. The fourth-order valence-corrected chi connectivity index (χ4v) is 1.49. The van der Waals surface area contributed by atoms with Crippen LogP contribution in [-0.2, 0) is 9.59 Å². The monoisotopic (exact) mass is 281 g/mol. The molecule has 0 saturated carbocycles. The first-order valence-corrected chi connectivity index (χ1v) is 6.09. The maximum absolute atomic E-state index is 13.7. The van der Waals surface area contributed by atoms with Gasteiger partial charge < -0.3 is 15.2 Å². The zero-order valence-corrected chi connectivity index (χ0v) is 11.2. The summed E-state index contributed by atoms with van der Waals surface area (Å²) < 4.78 is 19.0. The Kier molecular flexibility index (Phi) is 5.71. The quantitative estimate of drug-likeness (QED) is 0.780. The third-order valence-electron chi connectivity index (χ3n) is 2.42. The van der Waals surface area contributed by atoms with Gasteiger partial charge in [-0.3, -0.25) is 4.79 Å². The molecular formula is C14H16FNO4. The maximum atomic E-state index is 13.7. The van der Waals surface area contributed by atoms with Gasteiger partial charge in [0.15, 0.2) is 17.7 Å². The summed E-state index contributed by atoms with van der Waals surface area (Å²) >= 11 is 0. The molecule has 0 spiro atoms. The Morgan fingerprint density at radius 1 is 1.50 bits per heavy atom. The lowest BCUT2D eigenvalue weighted by molar-refractivity contribution is -0.131. The number of carbonyl (C=O) groups excluding carboxylic acids is 1. The van der Waals surface area contributed by atoms with Crippen molar-refractivity contribution in [3.8, 4) is 5.75 Å². The molecule has 1 unspecified atom stereocenters. The molecule has 0 fully saturated rings. The van der Waals surface area contributed by atoms with Crippen molar-refractivity contribution < 1.29 is 23.8 Å². The molecule has 0 saturated heterocycles. The first kappa shape index (κ1) is 15.7. The number of nitrogens with one attached hydrogen (secondary N) is 1. The van der Waals surface area contributed by atoms with Crippen LogP contribution in [0.4, 0.5) is 4.39 Å². The number of carboxylic acids is 1. The zero-order valence-electron chi connectivity index (χ0n) is 11.2. The third-order valence-corrected chi connectivity index (χ3v) is 2.42. The number of carbonyl (C=O) groups is 2. The van der Waals surface area contributed by atoms with E-state index >= 15 is 0 Å². The minimum atomic E-state index is -1.16. The third kappa shape index (κ3) is 4.38. The van der Waals surface area contributed by atoms with Gasteiger partial charge in [-0.1, -0.05) is 12.1 Å². The lowest BCUT2D eigenvalue weighted by Gasteiger charge is -2.16. The number of carboxylic acid groups (broad SMARTS) is 1. The molecule has 108 valence electrons. The number of likely N-dealkylation sites (N-methyl/N-ethyl adjacent to an activating group) is 1. The minimum absolute atomic E-state index is 0.149. The molecule has 0 aliphatic carbocycles. The van der Waals surface area contributed by atoms with Gasteiger partial charge in [0.1, 0.15) is 0 Å². The highest BCUT2D eigenvalue weighted by molar-refractivity contribution is 5.86. The number of ether oxygens (including phenoxy) is 1. The molecule has 1 rings (SSSR count). The van der Waals surface area contributed by atoms with Gasteiger partial charge >= 0.3 is 5.97 Å². The van der Waals surface area contributed by atoms with E-state index in [9.17, 15) is 14.0 Å². The smallest absolute Gasteiger partial charge is 0.328 e. The van der Waals surface area contributed by atoms with Gasteiger partial charge in [-0.25, -0.2) is 9.18 Å². The van der Waals surface area contributed by atoms with Gasteiger partial charge in [0.05, 0.1) is 0 Å². The molecule has 1 aromatic rings. The molecular weight excluding hydrogens is 265 g/mol. The Bertz CT molecular complexity index is 528. The van der Waals surface area contributed by atoms with E-state index in [4.69, 9.17) is 9.84 Å². The lowest BCUT2D eigenvalue weighted by atomic mass is 10.1. The van der Waals surface area contributed by atoms with E-state index in [1.807, 2.05) is 0 Å². The van der Waals surface area contributed by atoms with Crippen LogP contribution in [0, 0.1) is 5.82 Å². The summed E-state index contributed by atoms with van der Waals surface area (Å²) in [4.78, 5) is 22.1. The van der Waals surface area contributed by atoms with E-state index in [0.29, 0.717) is 6.54 Å². The van der Waals surface area contributed by atoms with Gasteiger partial charge in [-0.05, 0) is 26.0 Å². The standard InChI is InChI=1S/C14H16FNO4/c1-3-16-14(19)9(2)20-13-10(7-8-12(17)18)5-4-6-11(13)15/h4-9H,3H2,1-2H3,(H,16,19)(H,17,18)/b8-7+. The van der Waals surface area contributed by atoms with E-state index in [0.717, 1.165) is 6.08 Å². The van der Waals surface area contributed by atoms with Crippen molar-refractivity contribution in [2.24, 2.45) is 0 Å². The first-order valence-electron chi connectivity index (χ1n) is 6.09. The second-order valence-corrected chi connectivity index (χ2v) is 3.98. The predicted molar refractivity (Wildman–Crippen MR) is 71.8 cm³/mol. The molecule has 1 aromatic carbocycles. The number of para-hydroxylation sites is 1. The van der Waals surface area contributed by atoms with Crippen molar-refractivity contribution in [3.63, 3.8) is 0 Å². The highest BCUT2D eigenvalue weighted by Gasteiger charge is 2.17. The van der Waals surface area contributed by atoms with Crippen LogP contribution in [0.5, 0.6) is 5.75 Å². The molecule has 0 aromatic heterocycles. The summed E-state index contributed by atoms with van der Waals surface area (Å²) in [7, 11) is 0. The van der Waals surface area contributed by atoms with Crippen LogP contribution in [0.3, 0.4) is 0 Å². The average molecular weight is 281 g/mol. The van der Waals surface area contributed by atoms with Gasteiger partial charge in [-0.2, -0.15) is 0 Å². The Morgan fingerprint density at radius 3 is 2.80 bits per heavy atom. The Labute approximate surface area is 116 Å². The lowest BCUT2D eigenvalue weighted by Crippen LogP contribution is -2.36. The molecule has 0 radical (unpaired) electrons. The maximum Gasteiger partial charge on any atom is 0.328 e. The molecule has 0 aliphatic rings. The minimum Gasteiger partial charge on any atom is -0.478 e. The van der Waals surface area contributed by atoms with Crippen LogP contribution in [0.1, 0.15) is 19.4 Å². The summed E-state index contributed by atoms with van der Waals surface area (Å²) in [6.45, 7) is 3.69. The second kappa shape index (κ2) is 7.28. The van der Waals surface area contributed by atoms with Crippen LogP contribution >= 0.6 is 0 Å². The molecule has 0 aliphatic heterocycles. The van der Waals surface area contributed by atoms with Crippen LogP contribution in [0.15, 0.2) is 24.3 Å². The fraction of sp³-hybridized carbons (Fsp3) is 0.286. The van der Waals surface area contributed by atoms with Crippen molar-refractivity contribution in [2.45, 2.75) is 20.0 Å². The molecule has 0 bridgehead atoms. The van der Waals surface area contributed by atoms with Gasteiger partial charge in [0.2, 0.25) is 0 Å². The number of rotatable bonds is 6. The number of hydrogen-bond donors (Lipinski definition) is 2. The van der Waals surface area contributed by atoms with E-state index in [-0.39, 0.29) is 17.2 Å². The van der Waals surface area contributed by atoms with Gasteiger partial charge in [0.25, 0.3) is 5.91 Å². The van der Waals surface area contributed by atoms with Gasteiger partial charge in [-0.15, -0.1) is 0 Å². The molecule has 20 heavy (non-hydrogen) atoms. The number of aliphatic carboxylic acids is 1. The number of halogens is 1. The number of benzene rings is 1. The zero-order chi connectivity index (χ0) is 15.1. The van der Waals surface area contributed by atoms with E-state index in [1.165, 1.54) is 31.2 Å². The van der Waals surface area contributed by atoms with E-state index in [2.05, 4.69) is 5.32 Å². The van der Waals surface area contributed by atoms with Crippen molar-refractivity contribution in [1.82, 2.24) is 5.32 Å².